The summed E-state index contributed by atoms with van der Waals surface area (Å²) in [5.41, 5.74) is 1.30. The zero-order chi connectivity index (χ0) is 12.1. The van der Waals surface area contributed by atoms with Gasteiger partial charge in [-0.3, -0.25) is 0 Å². The van der Waals surface area contributed by atoms with Gasteiger partial charge in [0.15, 0.2) is 0 Å². The third kappa shape index (κ3) is 3.91. The Hall–Kier alpha value is -0.710. The Balaban J connectivity index is 1.98. The molecular weight excluding hydrogens is 296 g/mol. The smallest absolute Gasteiger partial charge is 0.0971 e. The van der Waals surface area contributed by atoms with Crippen molar-refractivity contribution in [1.82, 2.24) is 10.3 Å². The number of halogens is 1. The van der Waals surface area contributed by atoms with Crippen LogP contribution in [0.25, 0.3) is 0 Å². The van der Waals surface area contributed by atoms with Crippen molar-refractivity contribution in [2.24, 2.45) is 0 Å². The molecule has 0 amide bonds. The van der Waals surface area contributed by atoms with E-state index in [4.69, 9.17) is 0 Å². The van der Waals surface area contributed by atoms with Crippen molar-refractivity contribution in [1.29, 1.82) is 0 Å². The van der Waals surface area contributed by atoms with Gasteiger partial charge in [0.1, 0.15) is 0 Å². The number of rotatable bonds is 5. The molecule has 17 heavy (non-hydrogen) atoms. The van der Waals surface area contributed by atoms with Gasteiger partial charge in [0, 0.05) is 28.5 Å². The van der Waals surface area contributed by atoms with E-state index >= 15 is 0 Å². The molecule has 1 aromatic carbocycles. The van der Waals surface area contributed by atoms with E-state index < -0.39 is 0 Å². The Morgan fingerprint density at radius 2 is 2.06 bits per heavy atom. The number of nitrogens with zero attached hydrogens (tertiary/aromatic N) is 1. The first kappa shape index (κ1) is 12.7. The molecule has 2 rings (SSSR count). The van der Waals surface area contributed by atoms with E-state index in [1.54, 1.807) is 11.3 Å². The van der Waals surface area contributed by atoms with Gasteiger partial charge in [-0.1, -0.05) is 35.0 Å². The van der Waals surface area contributed by atoms with E-state index in [-0.39, 0.29) is 0 Å². The van der Waals surface area contributed by atoms with Gasteiger partial charge >= 0.3 is 0 Å². The van der Waals surface area contributed by atoms with Crippen LogP contribution in [0.15, 0.2) is 34.9 Å². The molecule has 0 aliphatic heterocycles. The lowest BCUT2D eigenvalue weighted by Crippen LogP contribution is -2.10. The van der Waals surface area contributed by atoms with Gasteiger partial charge in [-0.15, -0.1) is 11.3 Å². The number of hydrogen-bond donors (Lipinski definition) is 1. The molecule has 4 heteroatoms. The molecule has 0 saturated carbocycles. The van der Waals surface area contributed by atoms with Crippen LogP contribution < -0.4 is 5.32 Å². The van der Waals surface area contributed by atoms with Crippen molar-refractivity contribution >= 4 is 27.3 Å². The minimum atomic E-state index is 0.921. The molecule has 1 N–H and O–H groups in total. The first-order valence-electron chi connectivity index (χ1n) is 5.66. The van der Waals surface area contributed by atoms with Gasteiger partial charge in [0.05, 0.1) is 5.01 Å². The quantitative estimate of drug-likeness (QED) is 0.912. The highest BCUT2D eigenvalue weighted by Crippen LogP contribution is 2.18. The van der Waals surface area contributed by atoms with E-state index in [9.17, 15) is 0 Å². The normalized spacial score (nSPS) is 10.7. The fraction of sp³-hybridized carbons (Fsp3) is 0.308. The Kier molecular flexibility index (Phi) is 4.71. The van der Waals surface area contributed by atoms with E-state index in [1.807, 2.05) is 6.20 Å². The minimum Gasteiger partial charge on any atom is -0.312 e. The number of thiazole rings is 1. The molecule has 0 saturated heterocycles. The fourth-order valence-corrected chi connectivity index (χ4v) is 2.73. The Morgan fingerprint density at radius 3 is 2.76 bits per heavy atom. The highest BCUT2D eigenvalue weighted by molar-refractivity contribution is 9.10. The maximum atomic E-state index is 4.45. The summed E-state index contributed by atoms with van der Waals surface area (Å²) in [4.78, 5) is 5.76. The standard InChI is InChI=1S/C13H15BrN2S/c1-2-15-8-12-9-16-13(17-12)7-10-3-5-11(14)6-4-10/h3-6,9,15H,2,7-8H2,1H3. The summed E-state index contributed by atoms with van der Waals surface area (Å²) in [6.45, 7) is 4.04. The molecule has 2 aromatic rings. The van der Waals surface area contributed by atoms with Crippen LogP contribution in [0.5, 0.6) is 0 Å². The molecule has 1 heterocycles. The van der Waals surface area contributed by atoms with Crippen LogP contribution in [0, 0.1) is 0 Å². The fourth-order valence-electron chi connectivity index (χ4n) is 1.54. The molecule has 0 bridgehead atoms. The zero-order valence-electron chi connectivity index (χ0n) is 9.74. The second-order valence-corrected chi connectivity index (χ2v) is 5.92. The van der Waals surface area contributed by atoms with Crippen molar-refractivity contribution in [2.75, 3.05) is 6.54 Å². The Bertz CT molecular complexity index is 465. The number of nitrogens with one attached hydrogen (secondary N) is 1. The van der Waals surface area contributed by atoms with E-state index in [2.05, 4.69) is 57.4 Å². The summed E-state index contributed by atoms with van der Waals surface area (Å²) in [5, 5.41) is 4.49. The van der Waals surface area contributed by atoms with Crippen molar-refractivity contribution in [2.45, 2.75) is 19.9 Å². The van der Waals surface area contributed by atoms with E-state index in [1.165, 1.54) is 15.4 Å². The van der Waals surface area contributed by atoms with Crippen LogP contribution >= 0.6 is 27.3 Å². The molecule has 2 nitrogen and oxygen atoms in total. The second kappa shape index (κ2) is 6.28. The molecule has 1 aromatic heterocycles. The third-order valence-electron chi connectivity index (χ3n) is 2.42. The maximum Gasteiger partial charge on any atom is 0.0971 e. The summed E-state index contributed by atoms with van der Waals surface area (Å²) >= 11 is 5.23. The molecule has 0 spiro atoms. The molecule has 0 unspecified atom stereocenters. The summed E-state index contributed by atoms with van der Waals surface area (Å²) in [6.07, 6.45) is 2.89. The molecule has 0 atom stereocenters. The Labute approximate surface area is 114 Å². The van der Waals surface area contributed by atoms with E-state index in [0.29, 0.717) is 0 Å². The Morgan fingerprint density at radius 1 is 1.29 bits per heavy atom. The SMILES string of the molecule is CCNCc1cnc(Cc2ccc(Br)cc2)s1. The van der Waals surface area contributed by atoms with Crippen LogP contribution in [0.2, 0.25) is 0 Å². The zero-order valence-corrected chi connectivity index (χ0v) is 12.1. The summed E-state index contributed by atoms with van der Waals surface area (Å²) in [5.74, 6) is 0. The van der Waals surface area contributed by atoms with E-state index in [0.717, 1.165) is 24.0 Å². The average molecular weight is 311 g/mol. The van der Waals surface area contributed by atoms with Crippen LogP contribution in [-0.2, 0) is 13.0 Å². The molecular formula is C13H15BrN2S. The highest BCUT2D eigenvalue weighted by Gasteiger charge is 2.02. The monoisotopic (exact) mass is 310 g/mol. The highest BCUT2D eigenvalue weighted by atomic mass is 79.9. The first-order valence-corrected chi connectivity index (χ1v) is 7.27. The lowest BCUT2D eigenvalue weighted by atomic mass is 10.2. The molecule has 0 aliphatic rings. The van der Waals surface area contributed by atoms with Gasteiger partial charge in [0.25, 0.3) is 0 Å². The lowest BCUT2D eigenvalue weighted by Gasteiger charge is -1.98. The molecule has 90 valence electrons. The summed E-state index contributed by atoms with van der Waals surface area (Å²) in [7, 11) is 0. The minimum absolute atomic E-state index is 0.921. The molecule has 0 aliphatic carbocycles. The predicted octanol–water partition coefficient (Wildman–Crippen LogP) is 3.61. The molecule has 0 fully saturated rings. The number of aromatic nitrogens is 1. The van der Waals surface area contributed by atoms with Crippen LogP contribution in [-0.4, -0.2) is 11.5 Å². The third-order valence-corrected chi connectivity index (χ3v) is 3.95. The summed E-state index contributed by atoms with van der Waals surface area (Å²) < 4.78 is 1.12. The first-order chi connectivity index (χ1) is 8.28. The van der Waals surface area contributed by atoms with Crippen LogP contribution in [0.1, 0.15) is 22.4 Å². The van der Waals surface area contributed by atoms with Crippen molar-refractivity contribution in [3.05, 3.63) is 50.4 Å². The van der Waals surface area contributed by atoms with Crippen LogP contribution in [0.3, 0.4) is 0 Å². The second-order valence-electron chi connectivity index (χ2n) is 3.80. The number of benzene rings is 1. The summed E-state index contributed by atoms with van der Waals surface area (Å²) in [6, 6.07) is 8.41. The average Bonchev–Trinajstić information content (AvgIpc) is 2.77. The van der Waals surface area contributed by atoms with Crippen LogP contribution in [0.4, 0.5) is 0 Å². The van der Waals surface area contributed by atoms with Crippen molar-refractivity contribution in [3.63, 3.8) is 0 Å². The molecule has 0 radical (unpaired) electrons. The maximum absolute atomic E-state index is 4.45. The van der Waals surface area contributed by atoms with Gasteiger partial charge in [0.2, 0.25) is 0 Å². The van der Waals surface area contributed by atoms with Gasteiger partial charge in [-0.05, 0) is 24.2 Å². The van der Waals surface area contributed by atoms with Gasteiger partial charge < -0.3 is 5.32 Å². The lowest BCUT2D eigenvalue weighted by molar-refractivity contribution is 0.734. The topological polar surface area (TPSA) is 24.9 Å². The van der Waals surface area contributed by atoms with Crippen molar-refractivity contribution in [3.8, 4) is 0 Å². The van der Waals surface area contributed by atoms with Crippen molar-refractivity contribution < 1.29 is 0 Å². The number of hydrogen-bond acceptors (Lipinski definition) is 3. The van der Waals surface area contributed by atoms with Gasteiger partial charge in [-0.25, -0.2) is 4.98 Å². The largest absolute Gasteiger partial charge is 0.312 e. The predicted molar refractivity (Wildman–Crippen MR) is 76.4 cm³/mol. The van der Waals surface area contributed by atoms with Gasteiger partial charge in [-0.2, -0.15) is 0 Å².